The van der Waals surface area contributed by atoms with Crippen LogP contribution in [0, 0.1) is 6.92 Å². The van der Waals surface area contributed by atoms with E-state index in [9.17, 15) is 5.11 Å². The van der Waals surface area contributed by atoms with E-state index in [0.29, 0.717) is 6.54 Å². The fraction of sp³-hybridized carbons (Fsp3) is 0.350. The summed E-state index contributed by atoms with van der Waals surface area (Å²) in [6, 6.07) is 16.1. The van der Waals surface area contributed by atoms with Crippen LogP contribution in [0.3, 0.4) is 0 Å². The molecule has 2 aliphatic rings. The monoisotopic (exact) mass is 355 g/mol. The van der Waals surface area contributed by atoms with E-state index in [2.05, 4.69) is 40.7 Å². The molecule has 0 unspecified atom stereocenters. The van der Waals surface area contributed by atoms with E-state index in [-0.39, 0.29) is 0 Å². The third kappa shape index (κ3) is 2.71. The topological polar surface area (TPSA) is 35.7 Å². The number of benzene rings is 2. The minimum Gasteiger partial charge on any atom is -0.497 e. The highest BCUT2D eigenvalue weighted by Gasteiger charge is 2.53. The minimum absolute atomic E-state index is 0.534. The fourth-order valence-corrected chi connectivity index (χ4v) is 4.83. The molecule has 0 saturated heterocycles. The molecule has 0 aromatic heterocycles. The van der Waals surface area contributed by atoms with E-state index in [1.165, 1.54) is 11.3 Å². The second-order valence-corrected chi connectivity index (χ2v) is 7.62. The quantitative estimate of drug-likeness (QED) is 0.858. The summed E-state index contributed by atoms with van der Waals surface area (Å²) in [5.74, 6) is 1.89. The van der Waals surface area contributed by atoms with Crippen molar-refractivity contribution in [2.24, 2.45) is 0 Å². The first kappa shape index (κ1) is 16.5. The van der Waals surface area contributed by atoms with Gasteiger partial charge in [0.2, 0.25) is 0 Å². The molecule has 2 aliphatic heterocycles. The van der Waals surface area contributed by atoms with Gasteiger partial charge < -0.3 is 9.84 Å². The Morgan fingerprint density at radius 3 is 2.64 bits per heavy atom. The molecule has 0 bridgehead atoms. The maximum atomic E-state index is 11.7. The van der Waals surface area contributed by atoms with Crippen LogP contribution in [-0.2, 0) is 5.72 Å². The van der Waals surface area contributed by atoms with Crippen LogP contribution in [0.25, 0.3) is 0 Å². The molecule has 0 aliphatic carbocycles. The number of hydrogen-bond donors (Lipinski definition) is 1. The number of rotatable bonds is 3. The first-order valence-electron chi connectivity index (χ1n) is 8.61. The number of thioether (sulfide) groups is 1. The number of aryl methyl sites for hydroxylation is 1. The lowest BCUT2D eigenvalue weighted by molar-refractivity contribution is -0.656. The van der Waals surface area contributed by atoms with E-state index < -0.39 is 5.72 Å². The van der Waals surface area contributed by atoms with E-state index in [0.717, 1.165) is 35.2 Å². The number of amidine groups is 1. The van der Waals surface area contributed by atoms with Gasteiger partial charge in [-0.2, -0.15) is 0 Å². The average molecular weight is 355 g/mol. The van der Waals surface area contributed by atoms with E-state index >= 15 is 0 Å². The Hall–Kier alpha value is -1.98. The maximum Gasteiger partial charge on any atom is 0.316 e. The Bertz CT molecular complexity index is 819. The second-order valence-electron chi connectivity index (χ2n) is 6.55. The number of methoxy groups -OCH3 is 1. The third-order valence-electron chi connectivity index (χ3n) is 5.00. The average Bonchev–Trinajstić information content (AvgIpc) is 2.97. The minimum atomic E-state index is -1.02. The largest absolute Gasteiger partial charge is 0.497 e. The van der Waals surface area contributed by atoms with E-state index in [1.54, 1.807) is 7.11 Å². The molecule has 4 rings (SSSR count). The van der Waals surface area contributed by atoms with Crippen molar-refractivity contribution in [3.63, 3.8) is 0 Å². The summed E-state index contributed by atoms with van der Waals surface area (Å²) in [5, 5.41) is 12.8. The number of nitrogens with zero attached hydrogens (tertiary/aromatic N) is 2. The van der Waals surface area contributed by atoms with Crippen molar-refractivity contribution >= 4 is 22.6 Å². The molecule has 1 N–H and O–H groups in total. The van der Waals surface area contributed by atoms with Crippen LogP contribution in [-0.4, -0.2) is 40.8 Å². The number of para-hydroxylation sites is 1. The maximum absolute atomic E-state index is 11.7. The predicted molar refractivity (Wildman–Crippen MR) is 103 cm³/mol. The van der Waals surface area contributed by atoms with Crippen LogP contribution in [0.2, 0.25) is 0 Å². The lowest BCUT2D eigenvalue weighted by atomic mass is 10.0. The summed E-state index contributed by atoms with van der Waals surface area (Å²) in [7, 11) is 1.66. The lowest BCUT2D eigenvalue weighted by Crippen LogP contribution is -2.41. The van der Waals surface area contributed by atoms with Crippen LogP contribution >= 0.6 is 11.8 Å². The van der Waals surface area contributed by atoms with Gasteiger partial charge in [-0.15, -0.1) is 0 Å². The highest BCUT2D eigenvalue weighted by molar-refractivity contribution is 8.13. The molecule has 0 amide bonds. The lowest BCUT2D eigenvalue weighted by Gasteiger charge is -2.24. The van der Waals surface area contributed by atoms with Crippen molar-refractivity contribution < 1.29 is 14.4 Å². The molecule has 2 heterocycles. The van der Waals surface area contributed by atoms with Crippen LogP contribution in [0.15, 0.2) is 48.5 Å². The standard InChI is InChI=1S/C20H23N2O2S/c1-15-6-3-4-7-18(15)21-14-20(23,22-12-5-13-25-19(21)22)16-8-10-17(24-2)11-9-16/h3-4,6-11,23H,5,12-14H2,1-2H3/q+1/t20-/m1/s1. The zero-order chi connectivity index (χ0) is 17.4. The van der Waals surface area contributed by atoms with Gasteiger partial charge in [0.05, 0.1) is 13.7 Å². The van der Waals surface area contributed by atoms with Crippen LogP contribution < -0.4 is 9.64 Å². The van der Waals surface area contributed by atoms with Crippen molar-refractivity contribution in [3.8, 4) is 5.75 Å². The number of β-amino-alcohol motifs (C(OH)–C–C–N with tert-alkyl or cyclic N) is 1. The Labute approximate surface area is 152 Å². The molecule has 0 spiro atoms. The van der Waals surface area contributed by atoms with Crippen LogP contribution in [0.5, 0.6) is 5.75 Å². The van der Waals surface area contributed by atoms with Gasteiger partial charge >= 0.3 is 5.17 Å². The number of ether oxygens (including phenoxy) is 1. The van der Waals surface area contributed by atoms with Crippen LogP contribution in [0.1, 0.15) is 17.5 Å². The van der Waals surface area contributed by atoms with Crippen molar-refractivity contribution in [1.29, 1.82) is 0 Å². The number of hydrogen-bond acceptors (Lipinski definition) is 4. The summed E-state index contributed by atoms with van der Waals surface area (Å²) in [6.07, 6.45) is 1.08. The summed E-state index contributed by atoms with van der Waals surface area (Å²) in [5.41, 5.74) is 2.28. The molecule has 1 atom stereocenters. The molecular formula is C20H23N2O2S+. The fourth-order valence-electron chi connectivity index (χ4n) is 3.66. The number of aliphatic hydroxyl groups is 1. The molecule has 5 heteroatoms. The summed E-state index contributed by atoms with van der Waals surface area (Å²) < 4.78 is 7.42. The van der Waals surface area contributed by atoms with Crippen molar-refractivity contribution in [1.82, 2.24) is 0 Å². The van der Waals surface area contributed by atoms with Gasteiger partial charge in [0.1, 0.15) is 11.4 Å². The molecule has 2 aromatic carbocycles. The third-order valence-corrected chi connectivity index (χ3v) is 6.19. The van der Waals surface area contributed by atoms with Crippen molar-refractivity contribution in [2.75, 3.05) is 30.9 Å². The first-order valence-corrected chi connectivity index (χ1v) is 9.59. The Kier molecular flexibility index (Phi) is 4.21. The zero-order valence-electron chi connectivity index (χ0n) is 14.6. The van der Waals surface area contributed by atoms with Gasteiger partial charge in [0.15, 0.2) is 6.54 Å². The van der Waals surface area contributed by atoms with E-state index in [1.807, 2.05) is 36.0 Å². The van der Waals surface area contributed by atoms with Crippen LogP contribution in [0.4, 0.5) is 5.69 Å². The summed E-state index contributed by atoms with van der Waals surface area (Å²) in [4.78, 5) is 2.27. The van der Waals surface area contributed by atoms with Crippen molar-refractivity contribution in [2.45, 2.75) is 19.1 Å². The van der Waals surface area contributed by atoms with Crippen molar-refractivity contribution in [3.05, 3.63) is 59.7 Å². The molecule has 130 valence electrons. The normalized spacial score (nSPS) is 22.9. The Morgan fingerprint density at radius 2 is 1.92 bits per heavy atom. The number of anilines is 1. The molecule has 2 aromatic rings. The van der Waals surface area contributed by atoms with Gasteiger partial charge in [-0.05, 0) is 61.0 Å². The Balaban J connectivity index is 1.79. The van der Waals surface area contributed by atoms with Gasteiger partial charge in [0, 0.05) is 11.3 Å². The summed E-state index contributed by atoms with van der Waals surface area (Å²) in [6.45, 7) is 3.53. The van der Waals surface area contributed by atoms with Gasteiger partial charge in [-0.3, -0.25) is 0 Å². The smallest absolute Gasteiger partial charge is 0.316 e. The molecule has 0 saturated carbocycles. The molecule has 4 nitrogen and oxygen atoms in total. The highest BCUT2D eigenvalue weighted by Crippen LogP contribution is 2.38. The molecule has 25 heavy (non-hydrogen) atoms. The van der Waals surface area contributed by atoms with E-state index in [4.69, 9.17) is 4.74 Å². The van der Waals surface area contributed by atoms with Gasteiger partial charge in [-0.25, -0.2) is 9.48 Å². The van der Waals surface area contributed by atoms with Gasteiger partial charge in [0.25, 0.3) is 5.72 Å². The molecular weight excluding hydrogens is 332 g/mol. The zero-order valence-corrected chi connectivity index (χ0v) is 15.4. The Morgan fingerprint density at radius 1 is 1.16 bits per heavy atom. The second kappa shape index (κ2) is 6.39. The highest BCUT2D eigenvalue weighted by atomic mass is 32.2. The summed E-state index contributed by atoms with van der Waals surface area (Å²) >= 11 is 1.83. The SMILES string of the molecule is COc1ccc([C@]2(O)CN(c3ccccc3C)C3=[N+]2CCCS3)cc1. The van der Waals surface area contributed by atoms with Gasteiger partial charge in [-0.1, -0.05) is 18.2 Å². The molecule has 0 radical (unpaired) electrons. The first-order chi connectivity index (χ1) is 12.1. The predicted octanol–water partition coefficient (Wildman–Crippen LogP) is 3.17. The molecule has 0 fully saturated rings.